The fraction of sp³-hybridized carbons (Fsp3) is 0.235. The van der Waals surface area contributed by atoms with E-state index in [4.69, 9.17) is 0 Å². The third-order valence-electron chi connectivity index (χ3n) is 3.28. The lowest BCUT2D eigenvalue weighted by atomic mass is 9.94. The molecule has 2 aromatic carbocycles. The van der Waals surface area contributed by atoms with Crippen LogP contribution in [0.4, 0.5) is 13.2 Å². The Kier molecular flexibility index (Phi) is 4.96. The Balaban J connectivity index is 2.34. The molecule has 1 nitrogen and oxygen atoms in total. The van der Waals surface area contributed by atoms with Gasteiger partial charge in [0.1, 0.15) is 0 Å². The second kappa shape index (κ2) is 6.57. The van der Waals surface area contributed by atoms with E-state index in [1.165, 1.54) is 11.8 Å². The summed E-state index contributed by atoms with van der Waals surface area (Å²) in [5.41, 5.74) is 0.696. The summed E-state index contributed by atoms with van der Waals surface area (Å²) in [6, 6.07) is 17.9. The van der Waals surface area contributed by atoms with Crippen molar-refractivity contribution < 1.29 is 18.0 Å². The second-order valence-electron chi connectivity index (χ2n) is 5.11. The van der Waals surface area contributed by atoms with E-state index in [-0.39, 0.29) is 0 Å². The van der Waals surface area contributed by atoms with Gasteiger partial charge in [0.15, 0.2) is 0 Å². The number of alkyl halides is 3. The minimum atomic E-state index is -4.81. The van der Waals surface area contributed by atoms with Gasteiger partial charge in [-0.05, 0) is 24.6 Å². The van der Waals surface area contributed by atoms with Gasteiger partial charge in [0.2, 0.25) is 5.78 Å². The summed E-state index contributed by atoms with van der Waals surface area (Å²) in [5.74, 6) is -1.71. The molecular weight excluding hydrogens is 309 g/mol. The van der Waals surface area contributed by atoms with Gasteiger partial charge in [0, 0.05) is 16.1 Å². The maximum atomic E-state index is 12.7. The summed E-state index contributed by atoms with van der Waals surface area (Å²) >= 11 is 1.27. The summed E-state index contributed by atoms with van der Waals surface area (Å²) in [6.07, 6.45) is -5.41. The number of ketones is 1. The lowest BCUT2D eigenvalue weighted by Gasteiger charge is -2.29. The SMILES string of the molecule is CC(CC(=O)C(F)(F)F)(Sc1ccccc1)c1ccccc1. The molecule has 0 heterocycles. The highest BCUT2D eigenvalue weighted by atomic mass is 32.2. The van der Waals surface area contributed by atoms with Crippen LogP contribution in [0, 0.1) is 0 Å². The zero-order valence-electron chi connectivity index (χ0n) is 11.9. The average molecular weight is 324 g/mol. The summed E-state index contributed by atoms with van der Waals surface area (Å²) < 4.78 is 37.0. The second-order valence-corrected chi connectivity index (χ2v) is 6.69. The van der Waals surface area contributed by atoms with Gasteiger partial charge in [-0.25, -0.2) is 0 Å². The highest BCUT2D eigenvalue weighted by Crippen LogP contribution is 2.45. The molecule has 0 N–H and O–H groups in total. The minimum Gasteiger partial charge on any atom is -0.290 e. The van der Waals surface area contributed by atoms with Crippen molar-refractivity contribution in [2.24, 2.45) is 0 Å². The average Bonchev–Trinajstić information content (AvgIpc) is 2.48. The normalized spacial score (nSPS) is 14.4. The predicted octanol–water partition coefficient (Wildman–Crippen LogP) is 5.22. The molecule has 116 valence electrons. The van der Waals surface area contributed by atoms with Crippen LogP contribution in [0.3, 0.4) is 0 Å². The van der Waals surface area contributed by atoms with Crippen molar-refractivity contribution >= 4 is 17.5 Å². The predicted molar refractivity (Wildman–Crippen MR) is 81.8 cm³/mol. The van der Waals surface area contributed by atoms with Crippen molar-refractivity contribution in [3.05, 3.63) is 66.2 Å². The summed E-state index contributed by atoms with van der Waals surface area (Å²) in [6.45, 7) is 1.67. The lowest BCUT2D eigenvalue weighted by Crippen LogP contribution is -2.31. The number of Topliss-reactive ketones (excluding diaryl/α,β-unsaturated/α-hetero) is 1. The molecule has 0 saturated carbocycles. The van der Waals surface area contributed by atoms with Gasteiger partial charge < -0.3 is 0 Å². The number of rotatable bonds is 5. The Hall–Kier alpha value is -1.75. The summed E-state index contributed by atoms with van der Waals surface area (Å²) in [7, 11) is 0. The number of carbonyl (C=O) groups is 1. The highest BCUT2D eigenvalue weighted by molar-refractivity contribution is 8.00. The number of thioether (sulfide) groups is 1. The van der Waals surface area contributed by atoms with E-state index in [1.54, 1.807) is 37.3 Å². The van der Waals surface area contributed by atoms with Crippen molar-refractivity contribution in [3.63, 3.8) is 0 Å². The molecule has 0 bridgehead atoms. The first-order valence-electron chi connectivity index (χ1n) is 6.71. The van der Waals surface area contributed by atoms with Crippen molar-refractivity contribution in [2.45, 2.75) is 29.2 Å². The van der Waals surface area contributed by atoms with Crippen LogP contribution >= 0.6 is 11.8 Å². The van der Waals surface area contributed by atoms with Crippen LogP contribution in [0.2, 0.25) is 0 Å². The van der Waals surface area contributed by atoms with Crippen LogP contribution in [0.25, 0.3) is 0 Å². The van der Waals surface area contributed by atoms with Gasteiger partial charge in [-0.1, -0.05) is 48.5 Å². The van der Waals surface area contributed by atoms with Crippen LogP contribution in [-0.2, 0) is 9.54 Å². The topological polar surface area (TPSA) is 17.1 Å². The Bertz CT molecular complexity index is 625. The Morgan fingerprint density at radius 2 is 1.45 bits per heavy atom. The van der Waals surface area contributed by atoms with Gasteiger partial charge in [0.05, 0.1) is 0 Å². The fourth-order valence-corrected chi connectivity index (χ4v) is 3.41. The maximum absolute atomic E-state index is 12.7. The van der Waals surface area contributed by atoms with Gasteiger partial charge in [-0.3, -0.25) is 4.79 Å². The third kappa shape index (κ3) is 4.13. The monoisotopic (exact) mass is 324 g/mol. The Morgan fingerprint density at radius 3 is 1.95 bits per heavy atom. The Labute approximate surface area is 131 Å². The first kappa shape index (κ1) is 16.6. The highest BCUT2D eigenvalue weighted by Gasteiger charge is 2.43. The van der Waals surface area contributed by atoms with Gasteiger partial charge in [-0.2, -0.15) is 13.2 Å². The number of benzene rings is 2. The molecule has 0 amide bonds. The van der Waals surface area contributed by atoms with Crippen molar-refractivity contribution in [3.8, 4) is 0 Å². The molecule has 2 aromatic rings. The van der Waals surface area contributed by atoms with E-state index >= 15 is 0 Å². The number of halogens is 3. The molecule has 0 aromatic heterocycles. The molecule has 5 heteroatoms. The van der Waals surface area contributed by atoms with Gasteiger partial charge >= 0.3 is 6.18 Å². The smallest absolute Gasteiger partial charge is 0.290 e. The maximum Gasteiger partial charge on any atom is 0.450 e. The van der Waals surface area contributed by atoms with E-state index in [0.29, 0.717) is 5.56 Å². The van der Waals surface area contributed by atoms with E-state index in [9.17, 15) is 18.0 Å². The van der Waals surface area contributed by atoms with Gasteiger partial charge in [-0.15, -0.1) is 11.8 Å². The Morgan fingerprint density at radius 1 is 0.955 bits per heavy atom. The van der Waals surface area contributed by atoms with E-state index in [0.717, 1.165) is 4.90 Å². The molecule has 1 atom stereocenters. The quantitative estimate of drug-likeness (QED) is 0.702. The van der Waals surface area contributed by atoms with Crippen molar-refractivity contribution in [1.82, 2.24) is 0 Å². The lowest BCUT2D eigenvalue weighted by molar-refractivity contribution is -0.171. The molecular formula is C17H15F3OS. The molecule has 0 radical (unpaired) electrons. The zero-order valence-corrected chi connectivity index (χ0v) is 12.7. The molecule has 2 rings (SSSR count). The first-order valence-corrected chi connectivity index (χ1v) is 7.52. The number of hydrogen-bond donors (Lipinski definition) is 0. The van der Waals surface area contributed by atoms with Crippen LogP contribution in [0.15, 0.2) is 65.6 Å². The fourth-order valence-electron chi connectivity index (χ4n) is 2.14. The van der Waals surface area contributed by atoms with Gasteiger partial charge in [0.25, 0.3) is 0 Å². The number of carbonyl (C=O) groups excluding carboxylic acids is 1. The molecule has 0 saturated heterocycles. The van der Waals surface area contributed by atoms with Crippen LogP contribution in [0.5, 0.6) is 0 Å². The van der Waals surface area contributed by atoms with Crippen LogP contribution in [-0.4, -0.2) is 12.0 Å². The molecule has 0 fully saturated rings. The zero-order chi connectivity index (χ0) is 16.2. The summed E-state index contributed by atoms with van der Waals surface area (Å²) in [5, 5.41) is 0. The largest absolute Gasteiger partial charge is 0.450 e. The standard InChI is InChI=1S/C17H15F3OS/c1-16(12-15(21)17(18,19)20,13-8-4-2-5-9-13)22-14-10-6-3-7-11-14/h2-11H,12H2,1H3. The molecule has 0 spiro atoms. The van der Waals surface area contributed by atoms with Crippen LogP contribution in [0.1, 0.15) is 18.9 Å². The molecule has 22 heavy (non-hydrogen) atoms. The molecule has 1 unspecified atom stereocenters. The van der Waals surface area contributed by atoms with Crippen molar-refractivity contribution in [1.29, 1.82) is 0 Å². The van der Waals surface area contributed by atoms with E-state index in [2.05, 4.69) is 0 Å². The third-order valence-corrected chi connectivity index (χ3v) is 4.62. The van der Waals surface area contributed by atoms with E-state index < -0.39 is 23.1 Å². The van der Waals surface area contributed by atoms with E-state index in [1.807, 2.05) is 30.3 Å². The first-order chi connectivity index (χ1) is 10.3. The number of hydrogen-bond acceptors (Lipinski definition) is 2. The van der Waals surface area contributed by atoms with Crippen molar-refractivity contribution in [2.75, 3.05) is 0 Å². The molecule has 0 aliphatic carbocycles. The molecule has 0 aliphatic heterocycles. The summed E-state index contributed by atoms with van der Waals surface area (Å²) in [4.78, 5) is 12.3. The minimum absolute atomic E-state index is 0.597. The molecule has 0 aliphatic rings. The van der Waals surface area contributed by atoms with Crippen LogP contribution < -0.4 is 0 Å².